The molecular formula is C12H14IN3O4. The molecular weight excluding hydrogens is 377 g/mol. The molecule has 2 N–H and O–H groups in total. The minimum Gasteiger partial charge on any atom is -0.338 e. The Morgan fingerprint density at radius 1 is 1.40 bits per heavy atom. The van der Waals surface area contributed by atoms with Gasteiger partial charge in [-0.1, -0.05) is 13.8 Å². The lowest BCUT2D eigenvalue weighted by atomic mass is 10.2. The van der Waals surface area contributed by atoms with Gasteiger partial charge < -0.3 is 5.32 Å². The Labute approximate surface area is 129 Å². The van der Waals surface area contributed by atoms with E-state index in [0.717, 1.165) is 6.07 Å². The molecule has 0 heterocycles. The topological polar surface area (TPSA) is 101 Å². The Bertz CT molecular complexity index is 546. The lowest BCUT2D eigenvalue weighted by Gasteiger charge is -2.08. The van der Waals surface area contributed by atoms with Crippen molar-refractivity contribution in [2.24, 2.45) is 5.92 Å². The molecule has 0 atom stereocenters. The molecule has 1 rings (SSSR count). The van der Waals surface area contributed by atoms with Crippen molar-refractivity contribution in [3.8, 4) is 0 Å². The average molecular weight is 391 g/mol. The first kappa shape index (κ1) is 16.3. The summed E-state index contributed by atoms with van der Waals surface area (Å²) in [6.45, 7) is 4.28. The molecule has 0 aromatic heterocycles. The molecule has 0 saturated heterocycles. The van der Waals surface area contributed by atoms with Crippen LogP contribution >= 0.6 is 22.6 Å². The molecule has 1 aromatic carbocycles. The van der Waals surface area contributed by atoms with E-state index in [1.807, 2.05) is 36.4 Å². The van der Waals surface area contributed by atoms with E-state index in [1.54, 1.807) is 0 Å². The van der Waals surface area contributed by atoms with Gasteiger partial charge in [0.15, 0.2) is 0 Å². The predicted molar refractivity (Wildman–Crippen MR) is 81.5 cm³/mol. The maximum absolute atomic E-state index is 11.8. The van der Waals surface area contributed by atoms with E-state index < -0.39 is 16.9 Å². The SMILES string of the molecule is CC(C)CNC(=O)NC(=O)c1ccc(I)c([N+](=O)[O-])c1. The number of amides is 3. The molecule has 0 aliphatic heterocycles. The standard InChI is InChI=1S/C12H14IN3O4/c1-7(2)6-14-12(18)15-11(17)8-3-4-9(13)10(5-8)16(19)20/h3-5,7H,6H2,1-2H3,(H2,14,15,17,18). The van der Waals surface area contributed by atoms with Gasteiger partial charge in [0.05, 0.1) is 8.49 Å². The third-order valence-corrected chi connectivity index (χ3v) is 3.22. The summed E-state index contributed by atoms with van der Waals surface area (Å²) in [5, 5.41) is 15.4. The van der Waals surface area contributed by atoms with Crippen LogP contribution in [0.5, 0.6) is 0 Å². The molecule has 0 bridgehead atoms. The minimum atomic E-state index is -0.675. The molecule has 7 nitrogen and oxygen atoms in total. The number of carbonyl (C=O) groups is 2. The van der Waals surface area contributed by atoms with Gasteiger partial charge in [-0.25, -0.2) is 4.79 Å². The quantitative estimate of drug-likeness (QED) is 0.467. The molecule has 0 aliphatic rings. The van der Waals surface area contributed by atoms with Crippen LogP contribution in [0.3, 0.4) is 0 Å². The molecule has 3 amide bonds. The molecule has 0 radical (unpaired) electrons. The minimum absolute atomic E-state index is 0.0665. The fourth-order valence-electron chi connectivity index (χ4n) is 1.31. The molecule has 0 saturated carbocycles. The van der Waals surface area contributed by atoms with E-state index in [1.165, 1.54) is 12.1 Å². The average Bonchev–Trinajstić information content (AvgIpc) is 2.36. The Balaban J connectivity index is 2.75. The van der Waals surface area contributed by atoms with Gasteiger partial charge >= 0.3 is 6.03 Å². The maximum atomic E-state index is 11.8. The zero-order valence-electron chi connectivity index (χ0n) is 11.0. The number of benzene rings is 1. The van der Waals surface area contributed by atoms with Crippen molar-refractivity contribution in [3.05, 3.63) is 37.4 Å². The van der Waals surface area contributed by atoms with Crippen LogP contribution in [0.2, 0.25) is 0 Å². The first-order valence-corrected chi connectivity index (χ1v) is 6.92. The maximum Gasteiger partial charge on any atom is 0.321 e. The number of rotatable bonds is 4. The number of nitro benzene ring substituents is 1. The number of hydrogen-bond donors (Lipinski definition) is 2. The van der Waals surface area contributed by atoms with E-state index in [-0.39, 0.29) is 17.2 Å². The molecule has 8 heteroatoms. The largest absolute Gasteiger partial charge is 0.338 e. The van der Waals surface area contributed by atoms with Gasteiger partial charge in [0, 0.05) is 18.2 Å². The highest BCUT2D eigenvalue weighted by Gasteiger charge is 2.17. The fourth-order valence-corrected chi connectivity index (χ4v) is 1.84. The van der Waals surface area contributed by atoms with Crippen LogP contribution in [0, 0.1) is 19.6 Å². The Kier molecular flexibility index (Phi) is 5.86. The molecule has 0 fully saturated rings. The van der Waals surface area contributed by atoms with Crippen LogP contribution in [0.25, 0.3) is 0 Å². The summed E-state index contributed by atoms with van der Waals surface area (Å²) in [6.07, 6.45) is 0. The summed E-state index contributed by atoms with van der Waals surface area (Å²) >= 11 is 1.81. The van der Waals surface area contributed by atoms with Crippen LogP contribution in [0.15, 0.2) is 18.2 Å². The Morgan fingerprint density at radius 2 is 2.05 bits per heavy atom. The van der Waals surface area contributed by atoms with Gasteiger partial charge in [0.25, 0.3) is 11.6 Å². The fraction of sp³-hybridized carbons (Fsp3) is 0.333. The molecule has 1 aromatic rings. The summed E-state index contributed by atoms with van der Waals surface area (Å²) in [5.41, 5.74) is -0.0994. The highest BCUT2D eigenvalue weighted by atomic mass is 127. The van der Waals surface area contributed by atoms with Gasteiger partial charge in [-0.05, 0) is 40.6 Å². The van der Waals surface area contributed by atoms with Crippen molar-refractivity contribution in [3.63, 3.8) is 0 Å². The smallest absolute Gasteiger partial charge is 0.321 e. The van der Waals surface area contributed by atoms with Gasteiger partial charge in [-0.15, -0.1) is 0 Å². The van der Waals surface area contributed by atoms with E-state index in [2.05, 4.69) is 10.6 Å². The second kappa shape index (κ2) is 7.17. The number of nitro groups is 1. The zero-order valence-corrected chi connectivity index (χ0v) is 13.1. The zero-order chi connectivity index (χ0) is 15.3. The van der Waals surface area contributed by atoms with Crippen LogP contribution in [-0.2, 0) is 0 Å². The van der Waals surface area contributed by atoms with Crippen LogP contribution in [0.4, 0.5) is 10.5 Å². The van der Waals surface area contributed by atoms with Crippen molar-refractivity contribution in [2.75, 3.05) is 6.54 Å². The van der Waals surface area contributed by atoms with Crippen molar-refractivity contribution in [2.45, 2.75) is 13.8 Å². The number of imide groups is 1. The number of halogens is 1. The van der Waals surface area contributed by atoms with Gasteiger partial charge in [0.2, 0.25) is 0 Å². The van der Waals surface area contributed by atoms with Crippen molar-refractivity contribution in [1.29, 1.82) is 0 Å². The highest BCUT2D eigenvalue weighted by Crippen LogP contribution is 2.21. The molecule has 0 aliphatic carbocycles. The number of urea groups is 1. The summed E-state index contributed by atoms with van der Waals surface area (Å²) < 4.78 is 0.424. The first-order valence-electron chi connectivity index (χ1n) is 5.84. The number of nitrogens with zero attached hydrogens (tertiary/aromatic N) is 1. The summed E-state index contributed by atoms with van der Waals surface area (Å²) in [6, 6.07) is 3.41. The highest BCUT2D eigenvalue weighted by molar-refractivity contribution is 14.1. The van der Waals surface area contributed by atoms with E-state index in [4.69, 9.17) is 0 Å². The lowest BCUT2D eigenvalue weighted by molar-refractivity contribution is -0.385. The van der Waals surface area contributed by atoms with Crippen molar-refractivity contribution < 1.29 is 14.5 Å². The van der Waals surface area contributed by atoms with Crippen LogP contribution in [0.1, 0.15) is 24.2 Å². The van der Waals surface area contributed by atoms with Crippen LogP contribution < -0.4 is 10.6 Å². The summed E-state index contributed by atoms with van der Waals surface area (Å²) in [7, 11) is 0. The third kappa shape index (κ3) is 4.76. The molecule has 0 unspecified atom stereocenters. The summed E-state index contributed by atoms with van der Waals surface area (Å²) in [5.74, 6) is -0.416. The number of carbonyl (C=O) groups excluding carboxylic acids is 2. The predicted octanol–water partition coefficient (Wildman–Crippen LogP) is 2.29. The van der Waals surface area contributed by atoms with Gasteiger partial charge in [0.1, 0.15) is 0 Å². The third-order valence-electron chi connectivity index (χ3n) is 2.30. The monoisotopic (exact) mass is 391 g/mol. The second-order valence-electron chi connectivity index (χ2n) is 4.48. The number of nitrogens with one attached hydrogen (secondary N) is 2. The Hall–Kier alpha value is -1.71. The van der Waals surface area contributed by atoms with E-state index in [9.17, 15) is 19.7 Å². The summed E-state index contributed by atoms with van der Waals surface area (Å²) in [4.78, 5) is 33.4. The molecule has 20 heavy (non-hydrogen) atoms. The normalized spacial score (nSPS) is 10.2. The Morgan fingerprint density at radius 3 is 2.60 bits per heavy atom. The van der Waals surface area contributed by atoms with E-state index >= 15 is 0 Å². The van der Waals surface area contributed by atoms with Gasteiger partial charge in [-0.3, -0.25) is 20.2 Å². The first-order chi connectivity index (χ1) is 9.31. The molecule has 108 valence electrons. The van der Waals surface area contributed by atoms with E-state index in [0.29, 0.717) is 10.1 Å². The van der Waals surface area contributed by atoms with Gasteiger partial charge in [-0.2, -0.15) is 0 Å². The lowest BCUT2D eigenvalue weighted by Crippen LogP contribution is -2.40. The number of hydrogen-bond acceptors (Lipinski definition) is 4. The molecule has 0 spiro atoms. The van der Waals surface area contributed by atoms with Crippen molar-refractivity contribution >= 4 is 40.2 Å². The van der Waals surface area contributed by atoms with Crippen molar-refractivity contribution in [1.82, 2.24) is 10.6 Å². The van der Waals surface area contributed by atoms with Crippen LogP contribution in [-0.4, -0.2) is 23.4 Å². The second-order valence-corrected chi connectivity index (χ2v) is 5.64.